The van der Waals surface area contributed by atoms with Gasteiger partial charge in [0.2, 0.25) is 12.2 Å². The number of halogens is 4. The summed E-state index contributed by atoms with van der Waals surface area (Å²) in [5.74, 6) is 0.588. The van der Waals surface area contributed by atoms with Crippen molar-refractivity contribution in [3.63, 3.8) is 0 Å². The van der Waals surface area contributed by atoms with E-state index >= 15 is 0 Å². The second kappa shape index (κ2) is 10.7. The number of carbonyl (C=O) groups excluding carboxylic acids is 2. The summed E-state index contributed by atoms with van der Waals surface area (Å²) in [5.41, 5.74) is 1.02. The second-order valence-corrected chi connectivity index (χ2v) is 6.62. The van der Waals surface area contributed by atoms with Gasteiger partial charge in [-0.1, -0.05) is 19.3 Å². The molecular weight excluding hydrogens is 406 g/mol. The monoisotopic (exact) mass is 427 g/mol. The van der Waals surface area contributed by atoms with Crippen molar-refractivity contribution in [1.29, 1.82) is 0 Å². The Hall–Kier alpha value is -3.04. The molecule has 1 aromatic heterocycles. The Labute approximate surface area is 170 Å². The number of hydrogen-bond donors (Lipinski definition) is 1. The number of nitrogens with zero attached hydrogens (tertiary/aromatic N) is 2. The van der Waals surface area contributed by atoms with E-state index in [1.165, 1.54) is 32.0 Å². The number of nitrogens with one attached hydrogen (secondary N) is 1. The largest absolute Gasteiger partial charge is 0.496 e. The van der Waals surface area contributed by atoms with E-state index in [4.69, 9.17) is 9.53 Å². The van der Waals surface area contributed by atoms with Crippen LogP contribution in [0.1, 0.15) is 32.1 Å². The Morgan fingerprint density at radius 2 is 1.83 bits per heavy atom. The summed E-state index contributed by atoms with van der Waals surface area (Å²) in [5, 5.41) is 2.85. The zero-order chi connectivity index (χ0) is 22.1. The highest BCUT2D eigenvalue weighted by Gasteiger charge is 2.25. The van der Waals surface area contributed by atoms with Gasteiger partial charge in [0.05, 0.1) is 12.8 Å². The van der Waals surface area contributed by atoms with Gasteiger partial charge >= 0.3 is 6.18 Å². The molecule has 30 heavy (non-hydrogen) atoms. The summed E-state index contributed by atoms with van der Waals surface area (Å²) in [7, 11) is 1.52. The van der Waals surface area contributed by atoms with Gasteiger partial charge in [-0.05, 0) is 31.0 Å². The van der Waals surface area contributed by atoms with Crippen LogP contribution in [0, 0.1) is 11.7 Å². The number of benzene rings is 1. The molecule has 2 aromatic rings. The number of amides is 1. The van der Waals surface area contributed by atoms with E-state index in [1.807, 2.05) is 0 Å². The van der Waals surface area contributed by atoms with Crippen molar-refractivity contribution in [2.45, 2.75) is 38.3 Å². The van der Waals surface area contributed by atoms with Gasteiger partial charge in [-0.15, -0.1) is 0 Å². The van der Waals surface area contributed by atoms with E-state index in [-0.39, 0.29) is 17.6 Å². The van der Waals surface area contributed by atoms with Crippen LogP contribution in [-0.4, -0.2) is 35.4 Å². The molecule has 0 radical (unpaired) electrons. The van der Waals surface area contributed by atoms with Crippen molar-refractivity contribution >= 4 is 18.0 Å². The first-order chi connectivity index (χ1) is 14.2. The highest BCUT2D eigenvalue weighted by molar-refractivity contribution is 5.92. The predicted octanol–water partition coefficient (Wildman–Crippen LogP) is 4.56. The SMILES string of the molecule is COc1ccc(F)cc1-c1cc(NC(=O)C2CCCCC2)ncn1.O=CC(F)(F)F. The van der Waals surface area contributed by atoms with Crippen LogP contribution in [0.5, 0.6) is 5.75 Å². The van der Waals surface area contributed by atoms with Gasteiger partial charge in [0.25, 0.3) is 0 Å². The van der Waals surface area contributed by atoms with Gasteiger partial charge in [0, 0.05) is 17.5 Å². The van der Waals surface area contributed by atoms with Gasteiger partial charge in [-0.25, -0.2) is 14.4 Å². The summed E-state index contributed by atoms with van der Waals surface area (Å²) in [6.07, 6.45) is 0.869. The number of aromatic nitrogens is 2. The maximum absolute atomic E-state index is 13.6. The van der Waals surface area contributed by atoms with Crippen LogP contribution in [0.25, 0.3) is 11.3 Å². The molecule has 1 fully saturated rings. The molecule has 0 saturated heterocycles. The molecule has 162 valence electrons. The minimum absolute atomic E-state index is 0.00874. The lowest BCUT2D eigenvalue weighted by molar-refractivity contribution is -0.156. The third-order valence-corrected chi connectivity index (χ3v) is 4.47. The molecule has 0 unspecified atom stereocenters. The number of ether oxygens (including phenoxy) is 1. The number of rotatable bonds is 4. The van der Waals surface area contributed by atoms with Crippen molar-refractivity contribution in [3.05, 3.63) is 36.4 Å². The van der Waals surface area contributed by atoms with Gasteiger partial charge in [0.15, 0.2) is 0 Å². The van der Waals surface area contributed by atoms with Gasteiger partial charge in [-0.3, -0.25) is 9.59 Å². The first-order valence-electron chi connectivity index (χ1n) is 9.23. The third-order valence-electron chi connectivity index (χ3n) is 4.47. The topological polar surface area (TPSA) is 81.2 Å². The number of alkyl halides is 3. The molecule has 1 aromatic carbocycles. The Balaban J connectivity index is 0.000000469. The quantitative estimate of drug-likeness (QED) is 0.572. The molecule has 6 nitrogen and oxygen atoms in total. The van der Waals surface area contributed by atoms with Crippen LogP contribution < -0.4 is 10.1 Å². The lowest BCUT2D eigenvalue weighted by Crippen LogP contribution is -2.25. The molecule has 1 heterocycles. The molecular formula is C20H21F4N3O3. The maximum atomic E-state index is 13.6. The minimum atomic E-state index is -4.64. The molecule has 0 atom stereocenters. The van der Waals surface area contributed by atoms with Crippen LogP contribution in [0.4, 0.5) is 23.4 Å². The molecule has 3 rings (SSSR count). The standard InChI is InChI=1S/C18H20FN3O2.C2HF3O/c1-24-16-8-7-13(19)9-14(16)15-10-17(21-11-20-15)22-18(23)12-5-3-2-4-6-12;3-2(4,5)1-6/h7-12H,2-6H2,1H3,(H,20,21,22,23);1H. The molecule has 1 amide bonds. The number of anilines is 1. The second-order valence-electron chi connectivity index (χ2n) is 6.62. The number of carbonyl (C=O) groups is 2. The van der Waals surface area contributed by atoms with Crippen LogP contribution >= 0.6 is 0 Å². The Bertz CT molecular complexity index is 869. The van der Waals surface area contributed by atoms with E-state index < -0.39 is 12.5 Å². The summed E-state index contributed by atoms with van der Waals surface area (Å²) in [6.45, 7) is 0. The fourth-order valence-electron chi connectivity index (χ4n) is 3.05. The lowest BCUT2D eigenvalue weighted by atomic mass is 9.89. The molecule has 0 bridgehead atoms. The Morgan fingerprint density at radius 3 is 2.43 bits per heavy atom. The molecule has 1 aliphatic carbocycles. The van der Waals surface area contributed by atoms with E-state index in [1.54, 1.807) is 12.1 Å². The Kier molecular flexibility index (Phi) is 8.25. The molecule has 0 spiro atoms. The predicted molar refractivity (Wildman–Crippen MR) is 101 cm³/mol. The molecule has 1 N–H and O–H groups in total. The van der Waals surface area contributed by atoms with Crippen molar-refractivity contribution in [2.24, 2.45) is 5.92 Å². The fraction of sp³-hybridized carbons (Fsp3) is 0.400. The van der Waals surface area contributed by atoms with Crippen LogP contribution in [0.2, 0.25) is 0 Å². The van der Waals surface area contributed by atoms with E-state index in [9.17, 15) is 22.4 Å². The third kappa shape index (κ3) is 7.09. The average molecular weight is 427 g/mol. The first kappa shape index (κ1) is 23.2. The number of aldehydes is 1. The molecule has 10 heteroatoms. The van der Waals surface area contributed by atoms with Crippen LogP contribution in [0.15, 0.2) is 30.6 Å². The van der Waals surface area contributed by atoms with Crippen molar-refractivity contribution in [2.75, 3.05) is 12.4 Å². The van der Waals surface area contributed by atoms with Crippen molar-refractivity contribution < 1.29 is 31.9 Å². The number of methoxy groups -OCH3 is 1. The molecule has 1 aliphatic rings. The van der Waals surface area contributed by atoms with E-state index in [2.05, 4.69) is 15.3 Å². The Morgan fingerprint density at radius 1 is 1.17 bits per heavy atom. The average Bonchev–Trinajstić information content (AvgIpc) is 2.74. The minimum Gasteiger partial charge on any atom is -0.496 e. The molecule has 1 saturated carbocycles. The maximum Gasteiger partial charge on any atom is 0.446 e. The van der Waals surface area contributed by atoms with Gasteiger partial charge in [-0.2, -0.15) is 13.2 Å². The van der Waals surface area contributed by atoms with Gasteiger partial charge < -0.3 is 10.1 Å². The van der Waals surface area contributed by atoms with Crippen molar-refractivity contribution in [1.82, 2.24) is 9.97 Å². The summed E-state index contributed by atoms with van der Waals surface area (Å²) in [4.78, 5) is 29.3. The highest BCUT2D eigenvalue weighted by Crippen LogP contribution is 2.30. The normalized spacial score (nSPS) is 14.3. The number of hydrogen-bond acceptors (Lipinski definition) is 5. The summed E-state index contributed by atoms with van der Waals surface area (Å²) >= 11 is 0. The zero-order valence-corrected chi connectivity index (χ0v) is 16.2. The van der Waals surface area contributed by atoms with E-state index in [0.717, 1.165) is 25.7 Å². The zero-order valence-electron chi connectivity index (χ0n) is 16.2. The smallest absolute Gasteiger partial charge is 0.446 e. The highest BCUT2D eigenvalue weighted by atomic mass is 19.4. The molecule has 0 aliphatic heterocycles. The van der Waals surface area contributed by atoms with Crippen LogP contribution in [0.3, 0.4) is 0 Å². The fourth-order valence-corrected chi connectivity index (χ4v) is 3.05. The summed E-state index contributed by atoms with van der Waals surface area (Å²) < 4.78 is 50.1. The van der Waals surface area contributed by atoms with E-state index in [0.29, 0.717) is 22.8 Å². The first-order valence-corrected chi connectivity index (χ1v) is 9.23. The summed E-state index contributed by atoms with van der Waals surface area (Å²) in [6, 6.07) is 5.87. The van der Waals surface area contributed by atoms with Crippen molar-refractivity contribution in [3.8, 4) is 17.0 Å². The van der Waals surface area contributed by atoms with Gasteiger partial charge in [0.1, 0.15) is 23.7 Å². The lowest BCUT2D eigenvalue weighted by Gasteiger charge is -2.20. The van der Waals surface area contributed by atoms with Crippen LogP contribution in [-0.2, 0) is 9.59 Å².